The van der Waals surface area contributed by atoms with Gasteiger partial charge in [0.1, 0.15) is 6.26 Å². The van der Waals surface area contributed by atoms with Gasteiger partial charge in [0.05, 0.1) is 6.21 Å². The van der Waals surface area contributed by atoms with Crippen LogP contribution in [0.2, 0.25) is 0 Å². The van der Waals surface area contributed by atoms with Crippen molar-refractivity contribution in [3.8, 4) is 0 Å². The van der Waals surface area contributed by atoms with Crippen molar-refractivity contribution >= 4 is 12.0 Å². The topological polar surface area (TPSA) is 47.9 Å². The lowest BCUT2D eigenvalue weighted by molar-refractivity contribution is -0.251. The van der Waals surface area contributed by atoms with Gasteiger partial charge in [-0.3, -0.25) is 9.68 Å². The monoisotopic (exact) mass is 267 g/mol. The van der Waals surface area contributed by atoms with Crippen molar-refractivity contribution in [3.63, 3.8) is 0 Å². The average molecular weight is 267 g/mol. The van der Waals surface area contributed by atoms with Gasteiger partial charge in [0.15, 0.2) is 5.78 Å². The zero-order valence-electron chi connectivity index (χ0n) is 10.7. The molecule has 4 nitrogen and oxygen atoms in total. The lowest BCUT2D eigenvalue weighted by Gasteiger charge is -1.99. The fourth-order valence-electron chi connectivity index (χ4n) is 1.52. The minimum atomic E-state index is 0.0752. The summed E-state index contributed by atoms with van der Waals surface area (Å²) >= 11 is 0. The Morgan fingerprint density at radius 2 is 1.40 bits per heavy atom. The van der Waals surface area contributed by atoms with Crippen LogP contribution in [-0.2, 0) is 9.88 Å². The fraction of sp³-hybridized carbons (Fsp3) is 0. The Hall–Kier alpha value is -2.88. The van der Waals surface area contributed by atoms with Crippen LogP contribution in [0, 0.1) is 0 Å². The van der Waals surface area contributed by atoms with E-state index in [-0.39, 0.29) is 5.78 Å². The van der Waals surface area contributed by atoms with Crippen LogP contribution in [0.3, 0.4) is 0 Å². The third kappa shape index (κ3) is 4.10. The molecule has 2 aromatic carbocycles. The summed E-state index contributed by atoms with van der Waals surface area (Å²) in [5.41, 5.74) is 1.47. The summed E-state index contributed by atoms with van der Waals surface area (Å²) in [5, 5.41) is 3.24. The van der Waals surface area contributed by atoms with Gasteiger partial charge >= 0.3 is 0 Å². The first kappa shape index (κ1) is 13.5. The zero-order chi connectivity index (χ0) is 14.0. The molecule has 0 atom stereocenters. The first-order chi connectivity index (χ1) is 9.88. The SMILES string of the molecule is C1=COON=C1.O=C(c1ccccc1)c1ccccc1. The van der Waals surface area contributed by atoms with Gasteiger partial charge in [0.2, 0.25) is 0 Å². The number of carbonyl (C=O) groups is 1. The zero-order valence-corrected chi connectivity index (χ0v) is 10.7. The van der Waals surface area contributed by atoms with Crippen LogP contribution in [0.15, 0.2) is 78.2 Å². The standard InChI is InChI=1S/C13H10O.C3H3NO2/c14-13(11-7-3-1-4-8-11)12-9-5-2-6-10-12;1-2-4-6-5-3-1/h1-10H;1-3H. The predicted molar refractivity (Wildman–Crippen MR) is 76.1 cm³/mol. The van der Waals surface area contributed by atoms with Crippen LogP contribution in [0.1, 0.15) is 15.9 Å². The van der Waals surface area contributed by atoms with Crippen molar-refractivity contribution in [1.82, 2.24) is 0 Å². The summed E-state index contributed by atoms with van der Waals surface area (Å²) in [6, 6.07) is 18.6. The highest BCUT2D eigenvalue weighted by Gasteiger charge is 2.06. The van der Waals surface area contributed by atoms with Crippen LogP contribution in [0.4, 0.5) is 0 Å². The molecule has 1 heterocycles. The van der Waals surface area contributed by atoms with Crippen molar-refractivity contribution < 1.29 is 14.7 Å². The van der Waals surface area contributed by atoms with E-state index in [0.29, 0.717) is 0 Å². The lowest BCUT2D eigenvalue weighted by Crippen LogP contribution is -1.99. The van der Waals surface area contributed by atoms with Crippen molar-refractivity contribution in [2.24, 2.45) is 5.16 Å². The highest BCUT2D eigenvalue weighted by Crippen LogP contribution is 2.08. The van der Waals surface area contributed by atoms with Gasteiger partial charge in [-0.1, -0.05) is 60.7 Å². The van der Waals surface area contributed by atoms with Gasteiger partial charge in [-0.2, -0.15) is 4.99 Å². The molecule has 0 fully saturated rings. The molecule has 20 heavy (non-hydrogen) atoms. The molecule has 0 spiro atoms. The van der Waals surface area contributed by atoms with E-state index >= 15 is 0 Å². The summed E-state index contributed by atoms with van der Waals surface area (Å²) in [6.07, 6.45) is 4.51. The maximum atomic E-state index is 11.8. The molecule has 4 heteroatoms. The first-order valence-corrected chi connectivity index (χ1v) is 6.04. The average Bonchev–Trinajstić information content (AvgIpc) is 2.58. The molecule has 0 radical (unpaired) electrons. The van der Waals surface area contributed by atoms with Crippen LogP contribution >= 0.6 is 0 Å². The Morgan fingerprint density at radius 1 is 0.850 bits per heavy atom. The van der Waals surface area contributed by atoms with Crippen molar-refractivity contribution in [3.05, 3.63) is 84.1 Å². The molecule has 0 saturated carbocycles. The maximum absolute atomic E-state index is 11.8. The quantitative estimate of drug-likeness (QED) is 0.619. The highest BCUT2D eigenvalue weighted by molar-refractivity contribution is 6.08. The van der Waals surface area contributed by atoms with Gasteiger partial charge in [-0.25, -0.2) is 0 Å². The van der Waals surface area contributed by atoms with E-state index in [1.807, 2.05) is 60.7 Å². The number of hydrogen-bond donors (Lipinski definition) is 0. The molecule has 2 aromatic rings. The fourth-order valence-corrected chi connectivity index (χ4v) is 1.52. The Kier molecular flexibility index (Phi) is 5.10. The predicted octanol–water partition coefficient (Wildman–Crippen LogP) is 3.37. The van der Waals surface area contributed by atoms with Crippen LogP contribution in [0.5, 0.6) is 0 Å². The van der Waals surface area contributed by atoms with Crippen LogP contribution in [-0.4, -0.2) is 12.0 Å². The van der Waals surface area contributed by atoms with Gasteiger partial charge in [0, 0.05) is 11.1 Å². The van der Waals surface area contributed by atoms with E-state index < -0.39 is 0 Å². The van der Waals surface area contributed by atoms with Crippen molar-refractivity contribution in [2.45, 2.75) is 0 Å². The molecule has 0 saturated heterocycles. The number of ketones is 1. The second-order valence-electron chi connectivity index (χ2n) is 3.81. The van der Waals surface area contributed by atoms with E-state index in [9.17, 15) is 4.79 Å². The van der Waals surface area contributed by atoms with E-state index in [2.05, 4.69) is 15.0 Å². The molecule has 0 amide bonds. The lowest BCUT2D eigenvalue weighted by atomic mass is 10.0. The summed E-state index contributed by atoms with van der Waals surface area (Å²) in [6.45, 7) is 0. The first-order valence-electron chi connectivity index (χ1n) is 6.04. The molecule has 0 unspecified atom stereocenters. The Bertz CT molecular complexity index is 538. The number of oxime groups is 1. The second-order valence-corrected chi connectivity index (χ2v) is 3.81. The number of carbonyl (C=O) groups excluding carboxylic acids is 1. The van der Waals surface area contributed by atoms with E-state index in [4.69, 9.17) is 0 Å². The normalized spacial score (nSPS) is 11.6. The van der Waals surface area contributed by atoms with E-state index in [1.165, 1.54) is 12.5 Å². The molecule has 3 rings (SSSR count). The smallest absolute Gasteiger partial charge is 0.193 e. The summed E-state index contributed by atoms with van der Waals surface area (Å²) in [7, 11) is 0. The van der Waals surface area contributed by atoms with Crippen LogP contribution < -0.4 is 0 Å². The second kappa shape index (κ2) is 7.53. The number of hydrogen-bond acceptors (Lipinski definition) is 4. The molecule has 1 aliphatic heterocycles. The molecule has 100 valence electrons. The van der Waals surface area contributed by atoms with Crippen molar-refractivity contribution in [2.75, 3.05) is 0 Å². The molecule has 0 bridgehead atoms. The van der Waals surface area contributed by atoms with Gasteiger partial charge in [0.25, 0.3) is 0 Å². The molecular formula is C16H13NO3. The number of nitrogens with zero attached hydrogens (tertiary/aromatic N) is 1. The highest BCUT2D eigenvalue weighted by atomic mass is 17.3. The number of rotatable bonds is 2. The molecule has 0 aliphatic carbocycles. The summed E-state index contributed by atoms with van der Waals surface area (Å²) in [5.74, 6) is 0.0752. The van der Waals surface area contributed by atoms with Crippen LogP contribution in [0.25, 0.3) is 0 Å². The molecular weight excluding hydrogens is 254 g/mol. The van der Waals surface area contributed by atoms with E-state index in [1.54, 1.807) is 6.08 Å². The van der Waals surface area contributed by atoms with Gasteiger partial charge in [-0.05, 0) is 11.2 Å². The Balaban J connectivity index is 0.000000205. The third-order valence-corrected chi connectivity index (χ3v) is 2.44. The molecule has 1 aliphatic rings. The number of benzene rings is 2. The Morgan fingerprint density at radius 3 is 1.70 bits per heavy atom. The minimum absolute atomic E-state index is 0.0752. The summed E-state index contributed by atoms with van der Waals surface area (Å²) < 4.78 is 0. The van der Waals surface area contributed by atoms with E-state index in [0.717, 1.165) is 11.1 Å². The Labute approximate surface area is 116 Å². The number of allylic oxidation sites excluding steroid dienone is 1. The van der Waals surface area contributed by atoms with Gasteiger partial charge < -0.3 is 0 Å². The minimum Gasteiger partial charge on any atom is -0.289 e. The maximum Gasteiger partial charge on any atom is 0.193 e. The van der Waals surface area contributed by atoms with Crippen molar-refractivity contribution in [1.29, 1.82) is 0 Å². The third-order valence-electron chi connectivity index (χ3n) is 2.44. The van der Waals surface area contributed by atoms with Gasteiger partial charge in [-0.15, -0.1) is 0 Å². The molecule has 0 N–H and O–H groups in total. The summed E-state index contributed by atoms with van der Waals surface area (Å²) in [4.78, 5) is 20.1. The molecule has 0 aromatic heterocycles. The largest absolute Gasteiger partial charge is 0.289 e.